The molecule has 0 spiro atoms. The highest BCUT2D eigenvalue weighted by Gasteiger charge is 2.33. The summed E-state index contributed by atoms with van der Waals surface area (Å²) in [7, 11) is 1.46. The normalized spacial score (nSPS) is 21.6. The second kappa shape index (κ2) is 8.13. The van der Waals surface area contributed by atoms with Crippen molar-refractivity contribution in [3.63, 3.8) is 0 Å². The van der Waals surface area contributed by atoms with Crippen LogP contribution in [0, 0.1) is 0 Å². The maximum absolute atomic E-state index is 11.7. The van der Waals surface area contributed by atoms with E-state index in [1.54, 1.807) is 24.3 Å². The quantitative estimate of drug-likeness (QED) is 0.675. The molecule has 164 valence electrons. The van der Waals surface area contributed by atoms with E-state index in [2.05, 4.69) is 0 Å². The molecule has 31 heavy (non-hydrogen) atoms. The summed E-state index contributed by atoms with van der Waals surface area (Å²) in [6.45, 7) is 4.29. The van der Waals surface area contributed by atoms with E-state index >= 15 is 0 Å². The molecule has 2 aromatic rings. The first-order valence-electron chi connectivity index (χ1n) is 9.83. The third kappa shape index (κ3) is 4.30. The van der Waals surface area contributed by atoms with E-state index in [0.717, 1.165) is 6.29 Å². The SMILES string of the molecule is COc1ccc(C2=CC(C=O)c3c(O)cc(OCC4COC(C)(C)O4)cc3O2)cc1O. The van der Waals surface area contributed by atoms with E-state index in [1.807, 2.05) is 13.8 Å². The average molecular weight is 428 g/mol. The average Bonchev–Trinajstić information content (AvgIpc) is 3.09. The fourth-order valence-electron chi connectivity index (χ4n) is 3.63. The summed E-state index contributed by atoms with van der Waals surface area (Å²) >= 11 is 0. The maximum atomic E-state index is 11.7. The molecule has 4 rings (SSSR count). The highest BCUT2D eigenvalue weighted by atomic mass is 16.7. The molecule has 1 fully saturated rings. The number of phenolic OH excluding ortho intramolecular Hbond substituents is 2. The number of ether oxygens (including phenoxy) is 5. The van der Waals surface area contributed by atoms with Gasteiger partial charge in [0, 0.05) is 17.7 Å². The Kier molecular flexibility index (Phi) is 5.51. The van der Waals surface area contributed by atoms with E-state index in [9.17, 15) is 15.0 Å². The molecule has 0 radical (unpaired) electrons. The fraction of sp³-hybridized carbons (Fsp3) is 0.348. The Morgan fingerprint density at radius 2 is 2.00 bits per heavy atom. The second-order valence-corrected chi connectivity index (χ2v) is 7.80. The molecule has 8 heteroatoms. The zero-order chi connectivity index (χ0) is 22.2. The predicted octanol–water partition coefficient (Wildman–Crippen LogP) is 3.35. The number of allylic oxidation sites excluding steroid dienone is 1. The van der Waals surface area contributed by atoms with Crippen LogP contribution in [0.5, 0.6) is 28.7 Å². The highest BCUT2D eigenvalue weighted by molar-refractivity contribution is 5.79. The van der Waals surface area contributed by atoms with Gasteiger partial charge in [-0.1, -0.05) is 0 Å². The number of hydrogen-bond acceptors (Lipinski definition) is 8. The lowest BCUT2D eigenvalue weighted by Crippen LogP contribution is -2.25. The molecule has 2 aliphatic rings. The lowest BCUT2D eigenvalue weighted by molar-refractivity contribution is -0.141. The van der Waals surface area contributed by atoms with Crippen LogP contribution in [0.4, 0.5) is 0 Å². The van der Waals surface area contributed by atoms with Gasteiger partial charge in [-0.15, -0.1) is 0 Å². The maximum Gasteiger partial charge on any atom is 0.163 e. The van der Waals surface area contributed by atoms with Crippen LogP contribution in [-0.4, -0.2) is 48.7 Å². The van der Waals surface area contributed by atoms with Gasteiger partial charge in [-0.25, -0.2) is 0 Å². The Hall–Kier alpha value is -3.23. The Morgan fingerprint density at radius 3 is 2.65 bits per heavy atom. The second-order valence-electron chi connectivity index (χ2n) is 7.80. The monoisotopic (exact) mass is 428 g/mol. The number of aromatic hydroxyl groups is 2. The molecule has 2 N–H and O–H groups in total. The van der Waals surface area contributed by atoms with Gasteiger partial charge in [-0.2, -0.15) is 0 Å². The molecule has 0 amide bonds. The van der Waals surface area contributed by atoms with Crippen molar-refractivity contribution in [2.45, 2.75) is 31.7 Å². The smallest absolute Gasteiger partial charge is 0.163 e. The van der Waals surface area contributed by atoms with Crippen LogP contribution in [0.25, 0.3) is 5.76 Å². The van der Waals surface area contributed by atoms with Crippen LogP contribution < -0.4 is 14.2 Å². The number of methoxy groups -OCH3 is 1. The molecule has 0 aliphatic carbocycles. The third-order valence-electron chi connectivity index (χ3n) is 5.09. The van der Waals surface area contributed by atoms with Crippen LogP contribution in [0.1, 0.15) is 30.9 Å². The lowest BCUT2D eigenvalue weighted by Gasteiger charge is -2.24. The van der Waals surface area contributed by atoms with Crippen LogP contribution >= 0.6 is 0 Å². The molecule has 0 saturated carbocycles. The van der Waals surface area contributed by atoms with Gasteiger partial charge in [-0.3, -0.25) is 0 Å². The molecule has 1 saturated heterocycles. The van der Waals surface area contributed by atoms with Gasteiger partial charge in [0.15, 0.2) is 17.3 Å². The van der Waals surface area contributed by atoms with Crippen molar-refractivity contribution in [2.75, 3.05) is 20.3 Å². The minimum absolute atomic E-state index is 0.0559. The Bertz CT molecular complexity index is 1030. The van der Waals surface area contributed by atoms with Crippen LogP contribution in [0.2, 0.25) is 0 Å². The summed E-state index contributed by atoms with van der Waals surface area (Å²) in [6, 6.07) is 7.84. The summed E-state index contributed by atoms with van der Waals surface area (Å²) < 4.78 is 28.0. The predicted molar refractivity (Wildman–Crippen MR) is 111 cm³/mol. The van der Waals surface area contributed by atoms with Gasteiger partial charge in [0.1, 0.15) is 42.0 Å². The fourth-order valence-corrected chi connectivity index (χ4v) is 3.63. The molecule has 2 unspecified atom stereocenters. The van der Waals surface area contributed by atoms with Crippen LogP contribution in [0.3, 0.4) is 0 Å². The van der Waals surface area contributed by atoms with Gasteiger partial charge in [0.2, 0.25) is 0 Å². The molecule has 2 heterocycles. The van der Waals surface area contributed by atoms with E-state index in [-0.39, 0.29) is 24.2 Å². The standard InChI is InChI=1S/C23H24O8/c1-23(2)29-12-16(31-23)11-28-15-8-18(26)22-14(10-24)7-20(30-21(22)9-15)13-4-5-19(27-3)17(25)6-13/h4-10,14,16,25-26H,11-12H2,1-3H3. The first kappa shape index (κ1) is 21.0. The van der Waals surface area contributed by atoms with Crippen LogP contribution in [0.15, 0.2) is 36.4 Å². The number of benzene rings is 2. The Labute approximate surface area is 179 Å². The van der Waals surface area contributed by atoms with Gasteiger partial charge in [-0.05, 0) is 38.1 Å². The summed E-state index contributed by atoms with van der Waals surface area (Å²) in [5.74, 6) is -0.187. The van der Waals surface area contributed by atoms with E-state index in [4.69, 9.17) is 23.7 Å². The van der Waals surface area contributed by atoms with E-state index < -0.39 is 11.7 Å². The molecule has 8 nitrogen and oxygen atoms in total. The largest absolute Gasteiger partial charge is 0.507 e. The van der Waals surface area contributed by atoms with Crippen molar-refractivity contribution in [3.8, 4) is 28.7 Å². The number of aldehydes is 1. The van der Waals surface area contributed by atoms with Crippen molar-refractivity contribution in [1.82, 2.24) is 0 Å². The zero-order valence-electron chi connectivity index (χ0n) is 17.5. The summed E-state index contributed by atoms with van der Waals surface area (Å²) in [5, 5.41) is 20.6. The van der Waals surface area contributed by atoms with Crippen molar-refractivity contribution in [3.05, 3.63) is 47.5 Å². The van der Waals surface area contributed by atoms with Gasteiger partial charge in [0.05, 0.1) is 25.2 Å². The molecule has 0 bridgehead atoms. The van der Waals surface area contributed by atoms with E-state index in [0.29, 0.717) is 40.7 Å². The topological polar surface area (TPSA) is 104 Å². The van der Waals surface area contributed by atoms with Crippen molar-refractivity contribution >= 4 is 12.0 Å². The number of rotatable bonds is 6. The molecule has 2 aliphatic heterocycles. The summed E-state index contributed by atoms with van der Waals surface area (Å²) in [5.41, 5.74) is 0.908. The van der Waals surface area contributed by atoms with Gasteiger partial charge in [0.25, 0.3) is 0 Å². The third-order valence-corrected chi connectivity index (χ3v) is 5.09. The molecular weight excluding hydrogens is 404 g/mol. The number of carbonyl (C=O) groups excluding carboxylic acids is 1. The lowest BCUT2D eigenvalue weighted by atomic mass is 9.94. The summed E-state index contributed by atoms with van der Waals surface area (Å²) in [4.78, 5) is 11.7. The first-order valence-corrected chi connectivity index (χ1v) is 9.83. The number of carbonyl (C=O) groups is 1. The number of hydrogen-bond donors (Lipinski definition) is 2. The molecular formula is C23H24O8. The first-order chi connectivity index (χ1) is 14.8. The van der Waals surface area contributed by atoms with Gasteiger partial charge >= 0.3 is 0 Å². The Balaban J connectivity index is 1.58. The van der Waals surface area contributed by atoms with Crippen molar-refractivity contribution < 1.29 is 38.7 Å². The molecule has 2 atom stereocenters. The minimum Gasteiger partial charge on any atom is -0.507 e. The molecule has 0 aromatic heterocycles. The summed E-state index contributed by atoms with van der Waals surface area (Å²) in [6.07, 6.45) is 2.06. The van der Waals surface area contributed by atoms with Crippen molar-refractivity contribution in [2.24, 2.45) is 0 Å². The highest BCUT2D eigenvalue weighted by Crippen LogP contribution is 2.45. The van der Waals surface area contributed by atoms with Crippen LogP contribution in [-0.2, 0) is 14.3 Å². The Morgan fingerprint density at radius 1 is 1.19 bits per heavy atom. The van der Waals surface area contributed by atoms with E-state index in [1.165, 1.54) is 19.2 Å². The number of fused-ring (bicyclic) bond motifs is 1. The zero-order valence-corrected chi connectivity index (χ0v) is 17.5. The number of phenols is 2. The van der Waals surface area contributed by atoms with Gasteiger partial charge < -0.3 is 38.7 Å². The van der Waals surface area contributed by atoms with Crippen molar-refractivity contribution in [1.29, 1.82) is 0 Å². The molecule has 2 aromatic carbocycles. The minimum atomic E-state index is -0.718.